The molecule has 2 aromatic rings. The van der Waals surface area contributed by atoms with Crippen molar-refractivity contribution in [3.63, 3.8) is 0 Å². The molecule has 1 aromatic carbocycles. The van der Waals surface area contributed by atoms with E-state index >= 15 is 0 Å². The molecule has 1 atom stereocenters. The van der Waals surface area contributed by atoms with Gasteiger partial charge >= 0.3 is 0 Å². The smallest absolute Gasteiger partial charge is 0.274 e. The van der Waals surface area contributed by atoms with Gasteiger partial charge in [-0.1, -0.05) is 43.7 Å². The van der Waals surface area contributed by atoms with Crippen LogP contribution < -0.4 is 5.32 Å². The molecule has 0 fully saturated rings. The van der Waals surface area contributed by atoms with Crippen molar-refractivity contribution in [2.75, 3.05) is 6.54 Å². The molecule has 2 rings (SSSR count). The van der Waals surface area contributed by atoms with Gasteiger partial charge in [-0.15, -0.1) is 0 Å². The number of aryl methyl sites for hydroxylation is 1. The highest BCUT2D eigenvalue weighted by atomic mass is 16.3. The number of hydrogen-bond donors (Lipinski definition) is 2. The van der Waals surface area contributed by atoms with Gasteiger partial charge in [-0.2, -0.15) is 0 Å². The molecule has 0 spiro atoms. The Kier molecular flexibility index (Phi) is 4.75. The number of benzene rings is 1. The minimum atomic E-state index is -0.580. The van der Waals surface area contributed by atoms with Crippen molar-refractivity contribution in [3.05, 3.63) is 41.9 Å². The van der Waals surface area contributed by atoms with E-state index in [0.717, 1.165) is 11.1 Å². The number of nitrogens with one attached hydrogen (secondary N) is 1. The van der Waals surface area contributed by atoms with Crippen molar-refractivity contribution in [2.45, 2.75) is 26.9 Å². The van der Waals surface area contributed by atoms with Crippen LogP contribution in [0, 0.1) is 12.8 Å². The van der Waals surface area contributed by atoms with Crippen molar-refractivity contribution >= 4 is 5.91 Å². The van der Waals surface area contributed by atoms with E-state index < -0.39 is 6.10 Å². The second kappa shape index (κ2) is 6.54. The van der Waals surface area contributed by atoms with E-state index in [2.05, 4.69) is 10.3 Å². The van der Waals surface area contributed by atoms with E-state index in [1.165, 1.54) is 6.39 Å². The predicted octanol–water partition coefficient (Wildman–Crippen LogP) is 2.40. The molecular formula is C16H20N2O3. The van der Waals surface area contributed by atoms with E-state index in [4.69, 9.17) is 4.42 Å². The van der Waals surface area contributed by atoms with Crippen molar-refractivity contribution < 1.29 is 14.3 Å². The molecule has 0 saturated carbocycles. The summed E-state index contributed by atoms with van der Waals surface area (Å²) in [5.41, 5.74) is 2.16. The Hall–Kier alpha value is -2.14. The molecule has 21 heavy (non-hydrogen) atoms. The number of aromatic nitrogens is 1. The molecule has 0 bridgehead atoms. The van der Waals surface area contributed by atoms with Crippen LogP contribution in [0.3, 0.4) is 0 Å². The maximum atomic E-state index is 12.1. The largest absolute Gasteiger partial charge is 0.443 e. The summed E-state index contributed by atoms with van der Waals surface area (Å²) in [6, 6.07) is 7.66. The number of aliphatic hydroxyl groups is 1. The SMILES string of the molecule is Cc1ccc(-c2ocnc2C(=O)NC[C@H](O)C(C)C)cc1. The van der Waals surface area contributed by atoms with Gasteiger partial charge in [0.1, 0.15) is 0 Å². The maximum absolute atomic E-state index is 12.1. The third-order valence-corrected chi connectivity index (χ3v) is 3.34. The highest BCUT2D eigenvalue weighted by molar-refractivity contribution is 5.97. The van der Waals surface area contributed by atoms with E-state index in [-0.39, 0.29) is 24.1 Å². The van der Waals surface area contributed by atoms with Gasteiger partial charge in [-0.3, -0.25) is 4.79 Å². The zero-order valence-corrected chi connectivity index (χ0v) is 12.5. The fourth-order valence-electron chi connectivity index (χ4n) is 1.83. The van der Waals surface area contributed by atoms with Crippen LogP contribution in [0.25, 0.3) is 11.3 Å². The molecule has 0 aliphatic carbocycles. The molecule has 0 aliphatic rings. The number of hydrogen-bond acceptors (Lipinski definition) is 4. The minimum absolute atomic E-state index is 0.0826. The lowest BCUT2D eigenvalue weighted by Crippen LogP contribution is -2.35. The quantitative estimate of drug-likeness (QED) is 0.886. The lowest BCUT2D eigenvalue weighted by molar-refractivity contribution is 0.0868. The zero-order chi connectivity index (χ0) is 15.4. The summed E-state index contributed by atoms with van der Waals surface area (Å²) in [5.74, 6) is 0.171. The number of nitrogens with zero attached hydrogens (tertiary/aromatic N) is 1. The molecule has 2 N–H and O–H groups in total. The standard InChI is InChI=1S/C16H20N2O3/c1-10(2)13(19)8-17-16(20)14-15(21-9-18-14)12-6-4-11(3)5-7-12/h4-7,9-10,13,19H,8H2,1-3H3,(H,17,20)/t13-/m0/s1. The molecule has 0 radical (unpaired) electrons. The van der Waals surface area contributed by atoms with Gasteiger partial charge in [-0.05, 0) is 12.8 Å². The van der Waals surface area contributed by atoms with Crippen LogP contribution in [0.1, 0.15) is 29.9 Å². The Balaban J connectivity index is 2.13. The van der Waals surface area contributed by atoms with Crippen molar-refractivity contribution in [3.8, 4) is 11.3 Å². The monoisotopic (exact) mass is 288 g/mol. The fraction of sp³-hybridized carbons (Fsp3) is 0.375. The van der Waals surface area contributed by atoms with Crippen LogP contribution in [0.5, 0.6) is 0 Å². The normalized spacial score (nSPS) is 12.4. The summed E-state index contributed by atoms with van der Waals surface area (Å²) in [7, 11) is 0. The molecule has 1 heterocycles. The number of carbonyl (C=O) groups is 1. The number of rotatable bonds is 5. The topological polar surface area (TPSA) is 75.4 Å². The highest BCUT2D eigenvalue weighted by Gasteiger charge is 2.19. The Morgan fingerprint density at radius 1 is 1.33 bits per heavy atom. The molecule has 5 heteroatoms. The summed E-state index contributed by atoms with van der Waals surface area (Å²) >= 11 is 0. The lowest BCUT2D eigenvalue weighted by Gasteiger charge is -2.14. The number of oxazole rings is 1. The van der Waals surface area contributed by atoms with Crippen LogP contribution in [0.4, 0.5) is 0 Å². The van der Waals surface area contributed by atoms with E-state index in [1.807, 2.05) is 45.0 Å². The summed E-state index contributed by atoms with van der Waals surface area (Å²) in [5, 5.41) is 12.4. The van der Waals surface area contributed by atoms with Gasteiger partial charge in [0.05, 0.1) is 6.10 Å². The Morgan fingerprint density at radius 3 is 2.62 bits per heavy atom. The number of carbonyl (C=O) groups excluding carboxylic acids is 1. The summed E-state index contributed by atoms with van der Waals surface area (Å²) in [6.45, 7) is 5.97. The number of aliphatic hydroxyl groups excluding tert-OH is 1. The predicted molar refractivity (Wildman–Crippen MR) is 79.9 cm³/mol. The third-order valence-electron chi connectivity index (χ3n) is 3.34. The second-order valence-electron chi connectivity index (χ2n) is 5.42. The van der Waals surface area contributed by atoms with E-state index in [1.54, 1.807) is 0 Å². The Labute approximate surface area is 124 Å². The molecule has 5 nitrogen and oxygen atoms in total. The molecule has 112 valence electrons. The van der Waals surface area contributed by atoms with Crippen LogP contribution >= 0.6 is 0 Å². The number of amides is 1. The second-order valence-corrected chi connectivity index (χ2v) is 5.42. The molecule has 0 unspecified atom stereocenters. The first-order valence-corrected chi connectivity index (χ1v) is 6.96. The zero-order valence-electron chi connectivity index (χ0n) is 12.5. The van der Waals surface area contributed by atoms with Gasteiger partial charge in [0.2, 0.25) is 0 Å². The van der Waals surface area contributed by atoms with Crippen molar-refractivity contribution in [2.24, 2.45) is 5.92 Å². The van der Waals surface area contributed by atoms with Crippen LogP contribution in [0.15, 0.2) is 35.1 Å². The molecule has 0 aliphatic heterocycles. The average Bonchev–Trinajstić information content (AvgIpc) is 2.94. The third kappa shape index (κ3) is 3.70. The van der Waals surface area contributed by atoms with Gasteiger partial charge in [0.15, 0.2) is 17.8 Å². The van der Waals surface area contributed by atoms with Crippen LogP contribution in [-0.2, 0) is 0 Å². The first-order valence-electron chi connectivity index (χ1n) is 6.96. The van der Waals surface area contributed by atoms with Gasteiger partial charge in [0, 0.05) is 12.1 Å². The van der Waals surface area contributed by atoms with Gasteiger partial charge in [-0.25, -0.2) is 4.98 Å². The molecule has 1 aromatic heterocycles. The first-order chi connectivity index (χ1) is 9.99. The van der Waals surface area contributed by atoms with E-state index in [0.29, 0.717) is 5.76 Å². The Morgan fingerprint density at radius 2 is 2.00 bits per heavy atom. The fourth-order valence-corrected chi connectivity index (χ4v) is 1.83. The maximum Gasteiger partial charge on any atom is 0.274 e. The summed E-state index contributed by atoms with van der Waals surface area (Å²) < 4.78 is 5.33. The molecule has 1 amide bonds. The minimum Gasteiger partial charge on any atom is -0.443 e. The lowest BCUT2D eigenvalue weighted by atomic mass is 10.1. The molecular weight excluding hydrogens is 268 g/mol. The van der Waals surface area contributed by atoms with Crippen LogP contribution in [0.2, 0.25) is 0 Å². The highest BCUT2D eigenvalue weighted by Crippen LogP contribution is 2.23. The molecule has 0 saturated heterocycles. The summed E-state index contributed by atoms with van der Waals surface area (Å²) in [4.78, 5) is 16.1. The van der Waals surface area contributed by atoms with Crippen LogP contribution in [-0.4, -0.2) is 28.6 Å². The van der Waals surface area contributed by atoms with Crippen molar-refractivity contribution in [1.29, 1.82) is 0 Å². The Bertz CT molecular complexity index is 602. The van der Waals surface area contributed by atoms with Gasteiger partial charge in [0.25, 0.3) is 5.91 Å². The van der Waals surface area contributed by atoms with E-state index in [9.17, 15) is 9.90 Å². The first kappa shape index (κ1) is 15.3. The van der Waals surface area contributed by atoms with Crippen molar-refractivity contribution in [1.82, 2.24) is 10.3 Å². The average molecular weight is 288 g/mol. The van der Waals surface area contributed by atoms with Gasteiger partial charge < -0.3 is 14.8 Å². The summed E-state index contributed by atoms with van der Waals surface area (Å²) in [6.07, 6.45) is 0.673.